The molecule has 0 saturated carbocycles. The van der Waals surface area contributed by atoms with Crippen LogP contribution in [0.3, 0.4) is 0 Å². The van der Waals surface area contributed by atoms with Gasteiger partial charge in [0.1, 0.15) is 0 Å². The van der Waals surface area contributed by atoms with Gasteiger partial charge in [-0.3, -0.25) is 0 Å². The first-order valence-corrected chi connectivity index (χ1v) is 6.82. The van der Waals surface area contributed by atoms with Crippen LogP contribution in [0.25, 0.3) is 0 Å². The van der Waals surface area contributed by atoms with Gasteiger partial charge in [0.15, 0.2) is 6.10 Å². The third-order valence-electron chi connectivity index (χ3n) is 3.11. The van der Waals surface area contributed by atoms with Gasteiger partial charge in [-0.1, -0.05) is 6.07 Å². The number of hydrogen-bond donors (Lipinski definition) is 1. The Morgan fingerprint density at radius 2 is 1.12 bits per heavy atom. The second kappa shape index (κ2) is 6.14. The molecule has 0 aromatic carbocycles. The molecule has 152 valence electrons. The summed E-state index contributed by atoms with van der Waals surface area (Å²) >= 11 is 0.0781. The van der Waals surface area contributed by atoms with Crippen LogP contribution in [-0.4, -0.2) is 40.9 Å². The van der Waals surface area contributed by atoms with Gasteiger partial charge in [-0.25, -0.2) is 0 Å². The fourth-order valence-electron chi connectivity index (χ4n) is 1.58. The standard InChI is InChI=1S/C11H5F13OS/c12-6(13,5(25)4-2-1-3-26-4)7(14,15)8(16,17)9(18,19)10(20,21)11(22,23)24/h1-3,5,25H. The van der Waals surface area contributed by atoms with E-state index in [2.05, 4.69) is 0 Å². The average Bonchev–Trinajstić information content (AvgIpc) is 2.98. The van der Waals surface area contributed by atoms with Crippen LogP contribution >= 0.6 is 11.3 Å². The van der Waals surface area contributed by atoms with Crippen molar-refractivity contribution >= 4 is 11.3 Å². The van der Waals surface area contributed by atoms with E-state index in [-0.39, 0.29) is 11.3 Å². The first-order valence-electron chi connectivity index (χ1n) is 5.94. The zero-order valence-corrected chi connectivity index (χ0v) is 12.4. The highest BCUT2D eigenvalue weighted by Gasteiger charge is 2.91. The molecule has 0 spiro atoms. The first-order chi connectivity index (χ1) is 11.3. The van der Waals surface area contributed by atoms with Crippen LogP contribution in [0.4, 0.5) is 57.1 Å². The van der Waals surface area contributed by atoms with Crippen molar-refractivity contribution < 1.29 is 62.2 Å². The fraction of sp³-hybridized carbons (Fsp3) is 0.636. The number of halogens is 13. The van der Waals surface area contributed by atoms with E-state index in [1.165, 1.54) is 0 Å². The van der Waals surface area contributed by atoms with Crippen molar-refractivity contribution in [2.24, 2.45) is 0 Å². The van der Waals surface area contributed by atoms with Crippen molar-refractivity contribution in [3.63, 3.8) is 0 Å². The van der Waals surface area contributed by atoms with Crippen LogP contribution in [0.2, 0.25) is 0 Å². The largest absolute Gasteiger partial charge is 0.460 e. The molecule has 1 unspecified atom stereocenters. The van der Waals surface area contributed by atoms with Gasteiger partial charge >= 0.3 is 35.8 Å². The summed E-state index contributed by atoms with van der Waals surface area (Å²) in [5.74, 6) is -37.7. The molecule has 0 aliphatic carbocycles. The highest BCUT2D eigenvalue weighted by atomic mass is 32.1. The van der Waals surface area contributed by atoms with E-state index in [0.29, 0.717) is 6.07 Å². The first kappa shape index (κ1) is 22.8. The minimum absolute atomic E-state index is 0.0781. The maximum atomic E-state index is 13.5. The van der Waals surface area contributed by atoms with E-state index < -0.39 is 46.8 Å². The lowest BCUT2D eigenvalue weighted by Gasteiger charge is -2.40. The van der Waals surface area contributed by atoms with Crippen LogP contribution in [0.15, 0.2) is 17.5 Å². The molecule has 1 atom stereocenters. The quantitative estimate of drug-likeness (QED) is 0.587. The number of thiophene rings is 1. The third-order valence-corrected chi connectivity index (χ3v) is 4.04. The van der Waals surface area contributed by atoms with Crippen molar-refractivity contribution in [3.8, 4) is 0 Å². The molecule has 1 nitrogen and oxygen atoms in total. The van der Waals surface area contributed by atoms with Gasteiger partial charge < -0.3 is 5.11 Å². The second-order valence-corrected chi connectivity index (χ2v) is 5.82. The minimum Gasteiger partial charge on any atom is -0.381 e. The highest BCUT2D eigenvalue weighted by Crippen LogP contribution is 2.61. The number of aliphatic hydroxyl groups is 1. The molecule has 0 saturated heterocycles. The summed E-state index contributed by atoms with van der Waals surface area (Å²) in [6.45, 7) is 0. The second-order valence-electron chi connectivity index (χ2n) is 4.84. The molecule has 1 aromatic rings. The molecule has 0 bridgehead atoms. The van der Waals surface area contributed by atoms with Gasteiger partial charge in [0.2, 0.25) is 0 Å². The molecule has 0 aliphatic heterocycles. The smallest absolute Gasteiger partial charge is 0.381 e. The molecular formula is C11H5F13OS. The van der Waals surface area contributed by atoms with Crippen molar-refractivity contribution in [2.45, 2.75) is 41.9 Å². The SMILES string of the molecule is OC(c1cccs1)C(F)(F)C(F)(F)C(F)(F)C(F)(F)C(F)(F)C(F)(F)F. The summed E-state index contributed by atoms with van der Waals surface area (Å²) < 4.78 is 167. The van der Waals surface area contributed by atoms with E-state index in [1.807, 2.05) is 0 Å². The number of aliphatic hydroxyl groups excluding tert-OH is 1. The monoisotopic (exact) mass is 432 g/mol. The summed E-state index contributed by atoms with van der Waals surface area (Å²) in [6, 6.07) is 1.34. The maximum absolute atomic E-state index is 13.5. The van der Waals surface area contributed by atoms with Gasteiger partial charge in [0.05, 0.1) is 0 Å². The number of alkyl halides is 13. The summed E-state index contributed by atoms with van der Waals surface area (Å²) in [4.78, 5) is -1.16. The van der Waals surface area contributed by atoms with Crippen LogP contribution < -0.4 is 0 Å². The maximum Gasteiger partial charge on any atom is 0.460 e. The average molecular weight is 432 g/mol. The van der Waals surface area contributed by atoms with Crippen molar-refractivity contribution in [3.05, 3.63) is 22.4 Å². The van der Waals surface area contributed by atoms with Crippen LogP contribution in [0.1, 0.15) is 11.0 Å². The van der Waals surface area contributed by atoms with Crippen molar-refractivity contribution in [1.29, 1.82) is 0 Å². The Kier molecular flexibility index (Phi) is 5.38. The molecule has 1 rings (SSSR count). The van der Waals surface area contributed by atoms with Gasteiger partial charge in [-0.05, 0) is 11.4 Å². The lowest BCUT2D eigenvalue weighted by atomic mass is 9.91. The number of hydrogen-bond acceptors (Lipinski definition) is 2. The predicted octanol–water partition coefficient (Wildman–Crippen LogP) is 5.52. The zero-order chi connectivity index (χ0) is 21.0. The minimum atomic E-state index is -7.97. The van der Waals surface area contributed by atoms with Crippen LogP contribution in [-0.2, 0) is 0 Å². The van der Waals surface area contributed by atoms with E-state index in [0.717, 1.165) is 11.4 Å². The molecular weight excluding hydrogens is 427 g/mol. The Hall–Kier alpha value is -1.25. The Morgan fingerprint density at radius 3 is 1.46 bits per heavy atom. The van der Waals surface area contributed by atoms with E-state index in [4.69, 9.17) is 5.11 Å². The molecule has 0 fully saturated rings. The number of rotatable bonds is 6. The van der Waals surface area contributed by atoms with Crippen molar-refractivity contribution in [2.75, 3.05) is 0 Å². The Balaban J connectivity index is 3.48. The summed E-state index contributed by atoms with van der Waals surface area (Å²) in [6.07, 6.45) is -11.4. The molecule has 26 heavy (non-hydrogen) atoms. The van der Waals surface area contributed by atoms with Crippen LogP contribution in [0.5, 0.6) is 0 Å². The predicted molar refractivity (Wildman–Crippen MR) is 60.1 cm³/mol. The fourth-order valence-corrected chi connectivity index (χ4v) is 2.33. The van der Waals surface area contributed by atoms with E-state index >= 15 is 0 Å². The molecule has 1 heterocycles. The van der Waals surface area contributed by atoms with Gasteiger partial charge in [-0.15, -0.1) is 11.3 Å². The molecule has 0 aliphatic rings. The lowest BCUT2D eigenvalue weighted by molar-refractivity contribution is -0.444. The summed E-state index contributed by atoms with van der Waals surface area (Å²) in [7, 11) is 0. The van der Waals surface area contributed by atoms with Crippen LogP contribution in [0, 0.1) is 0 Å². The Morgan fingerprint density at radius 1 is 0.692 bits per heavy atom. The van der Waals surface area contributed by atoms with Gasteiger partial charge in [-0.2, -0.15) is 57.1 Å². The van der Waals surface area contributed by atoms with E-state index in [9.17, 15) is 57.1 Å². The molecule has 1 N–H and O–H groups in total. The lowest BCUT2D eigenvalue weighted by Crippen LogP contribution is -2.70. The topological polar surface area (TPSA) is 20.2 Å². The molecule has 0 radical (unpaired) electrons. The van der Waals surface area contributed by atoms with Gasteiger partial charge in [0, 0.05) is 4.88 Å². The van der Waals surface area contributed by atoms with Crippen molar-refractivity contribution in [1.82, 2.24) is 0 Å². The summed E-state index contributed by atoms with van der Waals surface area (Å²) in [5.41, 5.74) is 0. The van der Waals surface area contributed by atoms with E-state index in [1.54, 1.807) is 0 Å². The molecule has 15 heteroatoms. The normalized spacial score (nSPS) is 16.7. The molecule has 1 aromatic heterocycles. The molecule has 0 amide bonds. The summed E-state index contributed by atoms with van der Waals surface area (Å²) in [5, 5.41) is 9.93. The Bertz CT molecular complexity index is 619. The van der Waals surface area contributed by atoms with Gasteiger partial charge in [0.25, 0.3) is 0 Å². The third kappa shape index (κ3) is 2.92. The zero-order valence-electron chi connectivity index (χ0n) is 11.6. The highest BCUT2D eigenvalue weighted by molar-refractivity contribution is 7.10. The Labute approximate surface area is 139 Å².